The minimum atomic E-state index is -7.23. The van der Waals surface area contributed by atoms with E-state index in [2.05, 4.69) is 9.47 Å². The molecule has 39 heavy (non-hydrogen) atoms. The van der Waals surface area contributed by atoms with Gasteiger partial charge in [-0.1, -0.05) is 0 Å². The van der Waals surface area contributed by atoms with E-state index in [1.807, 2.05) is 0 Å². The van der Waals surface area contributed by atoms with E-state index in [0.29, 0.717) is 6.92 Å². The maximum Gasteiger partial charge on any atom is 0.460 e. The third-order valence-electron chi connectivity index (χ3n) is 4.39. The number of esters is 2. The molecule has 0 N–H and O–H groups in total. The fourth-order valence-electron chi connectivity index (χ4n) is 2.07. The topological polar surface area (TPSA) is 52.6 Å². The third-order valence-corrected chi connectivity index (χ3v) is 4.39. The predicted molar refractivity (Wildman–Crippen MR) is 86.7 cm³/mol. The van der Waals surface area contributed by atoms with E-state index < -0.39 is 91.5 Å². The highest BCUT2D eigenvalue weighted by Crippen LogP contribution is 2.55. The normalized spacial score (nSPS) is 15.3. The Morgan fingerprint density at radius 1 is 0.538 bits per heavy atom. The lowest BCUT2D eigenvalue weighted by Gasteiger charge is -2.33. The van der Waals surface area contributed by atoms with Gasteiger partial charge in [0.1, 0.15) is 0 Å². The molecule has 4 nitrogen and oxygen atoms in total. The fraction of sp³-hybridized carbons (Fsp3) is 0.765. The highest BCUT2D eigenvalue weighted by atomic mass is 19.4. The Bertz CT molecular complexity index is 916. The summed E-state index contributed by atoms with van der Waals surface area (Å²) in [5, 5.41) is 0. The molecule has 0 atom stereocenters. The standard InChI is InChI=1S/C17H12F18O4/c1-7(9(37)39-5-3-11(20,21)13(24,25)15(28,29)17(33,34)35)6-8(36)38-4-2-10(18,19)12(22,23)14(26,27)16(30,31)32/h6H,2-5H2,1H3/b7-6+. The SMILES string of the molecule is C/C(=C\C(=O)OCCC(F)(F)C(F)(F)C(F)(F)C(F)(F)F)C(=O)OCCC(F)(F)C(F)(F)C(F)(F)C(F)(F)F. The minimum absolute atomic E-state index is 0.104. The van der Waals surface area contributed by atoms with Crippen molar-refractivity contribution in [3.63, 3.8) is 0 Å². The molecule has 0 rings (SSSR count). The second-order valence-corrected chi connectivity index (χ2v) is 7.33. The molecule has 0 aliphatic heterocycles. The summed E-state index contributed by atoms with van der Waals surface area (Å²) in [4.78, 5) is 22.8. The zero-order valence-electron chi connectivity index (χ0n) is 18.3. The monoisotopic (exact) mass is 622 g/mol. The molecule has 0 heterocycles. The van der Waals surface area contributed by atoms with Crippen molar-refractivity contribution in [1.29, 1.82) is 0 Å². The first kappa shape index (κ1) is 36.4. The van der Waals surface area contributed by atoms with Gasteiger partial charge in [0.05, 0.1) is 26.1 Å². The Morgan fingerprint density at radius 3 is 1.15 bits per heavy atom. The van der Waals surface area contributed by atoms with Crippen molar-refractivity contribution in [3.05, 3.63) is 11.6 Å². The van der Waals surface area contributed by atoms with Crippen molar-refractivity contribution < 1.29 is 98.1 Å². The van der Waals surface area contributed by atoms with Gasteiger partial charge >= 0.3 is 59.8 Å². The minimum Gasteiger partial charge on any atom is -0.462 e. The number of hydrogen-bond acceptors (Lipinski definition) is 4. The number of carbonyl (C=O) groups is 2. The van der Waals surface area contributed by atoms with Crippen LogP contribution in [0.2, 0.25) is 0 Å². The van der Waals surface area contributed by atoms with Gasteiger partial charge in [-0.15, -0.1) is 0 Å². The molecule has 0 aliphatic carbocycles. The lowest BCUT2D eigenvalue weighted by molar-refractivity contribution is -0.397. The molecule has 0 aromatic rings. The molecule has 0 unspecified atom stereocenters. The second kappa shape index (κ2) is 11.1. The van der Waals surface area contributed by atoms with Crippen LogP contribution in [0.4, 0.5) is 79.0 Å². The third kappa shape index (κ3) is 7.34. The van der Waals surface area contributed by atoms with E-state index in [-0.39, 0.29) is 6.08 Å². The summed E-state index contributed by atoms with van der Waals surface area (Å²) in [6.45, 7) is -3.42. The molecule has 0 aliphatic rings. The van der Waals surface area contributed by atoms with Crippen molar-refractivity contribution in [3.8, 4) is 0 Å². The van der Waals surface area contributed by atoms with Crippen LogP contribution in [0.1, 0.15) is 19.8 Å². The van der Waals surface area contributed by atoms with Gasteiger partial charge in [-0.25, -0.2) is 9.59 Å². The summed E-state index contributed by atoms with van der Waals surface area (Å²) in [5.41, 5.74) is -1.10. The Hall–Kier alpha value is -2.58. The van der Waals surface area contributed by atoms with E-state index in [1.165, 1.54) is 0 Å². The summed E-state index contributed by atoms with van der Waals surface area (Å²) in [6, 6.07) is 0. The molecule has 0 saturated carbocycles. The summed E-state index contributed by atoms with van der Waals surface area (Å²) in [5.74, 6) is -44.7. The Morgan fingerprint density at radius 2 is 0.846 bits per heavy atom. The predicted octanol–water partition coefficient (Wildman–Crippen LogP) is 6.74. The van der Waals surface area contributed by atoms with Gasteiger partial charge in [-0.2, -0.15) is 79.0 Å². The fourth-order valence-corrected chi connectivity index (χ4v) is 2.07. The number of ether oxygens (including phenoxy) is 2. The molecule has 230 valence electrons. The van der Waals surface area contributed by atoms with Crippen LogP contribution in [0.3, 0.4) is 0 Å². The highest BCUT2D eigenvalue weighted by molar-refractivity contribution is 5.95. The Labute approximate surface area is 203 Å². The maximum absolute atomic E-state index is 13.3. The molecule has 0 aromatic carbocycles. The molecule has 0 amide bonds. The van der Waals surface area contributed by atoms with E-state index >= 15 is 0 Å². The zero-order valence-corrected chi connectivity index (χ0v) is 18.3. The van der Waals surface area contributed by atoms with Crippen LogP contribution in [0.15, 0.2) is 11.6 Å². The first-order valence-corrected chi connectivity index (χ1v) is 9.33. The molecule has 0 radical (unpaired) electrons. The summed E-state index contributed by atoms with van der Waals surface area (Å²) >= 11 is 0. The smallest absolute Gasteiger partial charge is 0.460 e. The van der Waals surface area contributed by atoms with Gasteiger partial charge < -0.3 is 9.47 Å². The van der Waals surface area contributed by atoms with Crippen LogP contribution in [0, 0.1) is 0 Å². The largest absolute Gasteiger partial charge is 0.462 e. The number of rotatable bonds is 12. The molecule has 0 aromatic heterocycles. The van der Waals surface area contributed by atoms with E-state index in [9.17, 15) is 88.6 Å². The maximum atomic E-state index is 13.3. The lowest BCUT2D eigenvalue weighted by Crippen LogP contribution is -2.61. The molecular weight excluding hydrogens is 610 g/mol. The van der Waals surface area contributed by atoms with E-state index in [1.54, 1.807) is 0 Å². The lowest BCUT2D eigenvalue weighted by atomic mass is 10.0. The molecular formula is C17H12F18O4. The van der Waals surface area contributed by atoms with Crippen LogP contribution in [0.25, 0.3) is 0 Å². The summed E-state index contributed by atoms with van der Waals surface area (Å²) in [7, 11) is 0. The van der Waals surface area contributed by atoms with Crippen molar-refractivity contribution in [1.82, 2.24) is 0 Å². The van der Waals surface area contributed by atoms with Gasteiger partial charge in [0.25, 0.3) is 0 Å². The van der Waals surface area contributed by atoms with Crippen molar-refractivity contribution in [2.75, 3.05) is 13.2 Å². The Balaban J connectivity index is 5.13. The molecule has 0 bridgehead atoms. The second-order valence-electron chi connectivity index (χ2n) is 7.33. The van der Waals surface area contributed by atoms with Crippen molar-refractivity contribution in [2.24, 2.45) is 0 Å². The summed E-state index contributed by atoms with van der Waals surface area (Å²) in [6.07, 6.45) is -19.6. The molecule has 0 saturated heterocycles. The van der Waals surface area contributed by atoms with Crippen molar-refractivity contribution in [2.45, 2.75) is 67.7 Å². The van der Waals surface area contributed by atoms with Crippen LogP contribution < -0.4 is 0 Å². The molecule has 22 heteroatoms. The van der Waals surface area contributed by atoms with Gasteiger partial charge in [0.2, 0.25) is 0 Å². The Kier molecular flexibility index (Phi) is 10.4. The number of carbonyl (C=O) groups excluding carboxylic acids is 2. The highest BCUT2D eigenvalue weighted by Gasteiger charge is 2.82. The first-order valence-electron chi connectivity index (χ1n) is 9.33. The summed E-state index contributed by atoms with van der Waals surface area (Å²) < 4.78 is 236. The number of hydrogen-bond donors (Lipinski definition) is 0. The number of alkyl halides is 18. The van der Waals surface area contributed by atoms with E-state index in [4.69, 9.17) is 0 Å². The van der Waals surface area contributed by atoms with Gasteiger partial charge in [0, 0.05) is 11.6 Å². The van der Waals surface area contributed by atoms with Crippen LogP contribution in [0.5, 0.6) is 0 Å². The van der Waals surface area contributed by atoms with Crippen LogP contribution >= 0.6 is 0 Å². The quantitative estimate of drug-likeness (QED) is 0.138. The van der Waals surface area contributed by atoms with Crippen LogP contribution in [-0.2, 0) is 19.1 Å². The van der Waals surface area contributed by atoms with Gasteiger partial charge in [-0.3, -0.25) is 0 Å². The van der Waals surface area contributed by atoms with Crippen molar-refractivity contribution >= 4 is 11.9 Å². The average Bonchev–Trinajstić information content (AvgIpc) is 2.70. The average molecular weight is 622 g/mol. The van der Waals surface area contributed by atoms with Gasteiger partial charge in [-0.05, 0) is 6.92 Å². The molecule has 0 spiro atoms. The number of halogens is 18. The van der Waals surface area contributed by atoms with Crippen LogP contribution in [-0.4, -0.2) is 73.0 Å². The first-order chi connectivity index (χ1) is 16.9. The van der Waals surface area contributed by atoms with E-state index in [0.717, 1.165) is 0 Å². The van der Waals surface area contributed by atoms with Gasteiger partial charge in [0.15, 0.2) is 0 Å². The zero-order chi connectivity index (χ0) is 31.7. The molecule has 0 fully saturated rings.